The Hall–Kier alpha value is -1.40. The second kappa shape index (κ2) is 4.70. The lowest BCUT2D eigenvalue weighted by atomic mass is 10.2. The van der Waals surface area contributed by atoms with E-state index in [0.29, 0.717) is 17.5 Å². The summed E-state index contributed by atoms with van der Waals surface area (Å²) in [7, 11) is 0. The SMILES string of the molecule is Brc1cccc(-c2noc(-c3occc3Br)n2)c1. The van der Waals surface area contributed by atoms with Crippen molar-refractivity contribution in [2.24, 2.45) is 0 Å². The molecule has 0 bridgehead atoms. The Labute approximate surface area is 119 Å². The fraction of sp³-hybridized carbons (Fsp3) is 0. The summed E-state index contributed by atoms with van der Waals surface area (Å²) in [5, 5.41) is 3.94. The molecule has 0 N–H and O–H groups in total. The third-order valence-corrected chi connectivity index (χ3v) is 3.44. The molecule has 0 saturated heterocycles. The zero-order chi connectivity index (χ0) is 12.5. The van der Waals surface area contributed by atoms with Gasteiger partial charge in [-0.3, -0.25) is 0 Å². The van der Waals surface area contributed by atoms with E-state index in [9.17, 15) is 0 Å². The highest BCUT2D eigenvalue weighted by atomic mass is 79.9. The highest BCUT2D eigenvalue weighted by molar-refractivity contribution is 9.10. The monoisotopic (exact) mass is 368 g/mol. The third kappa shape index (κ3) is 2.13. The number of benzene rings is 1. The van der Waals surface area contributed by atoms with Gasteiger partial charge in [-0.05, 0) is 34.1 Å². The van der Waals surface area contributed by atoms with E-state index in [0.717, 1.165) is 14.5 Å². The molecule has 4 nitrogen and oxygen atoms in total. The van der Waals surface area contributed by atoms with Crippen LogP contribution in [0.3, 0.4) is 0 Å². The highest BCUT2D eigenvalue weighted by Gasteiger charge is 2.16. The molecule has 90 valence electrons. The van der Waals surface area contributed by atoms with Gasteiger partial charge in [0.2, 0.25) is 11.6 Å². The Kier molecular flexibility index (Phi) is 3.05. The largest absolute Gasteiger partial charge is 0.458 e. The van der Waals surface area contributed by atoms with Gasteiger partial charge in [0.25, 0.3) is 5.89 Å². The predicted octanol–water partition coefficient (Wildman–Crippen LogP) is 4.52. The lowest BCUT2D eigenvalue weighted by Crippen LogP contribution is -1.80. The summed E-state index contributed by atoms with van der Waals surface area (Å²) in [6, 6.07) is 9.46. The summed E-state index contributed by atoms with van der Waals surface area (Å²) >= 11 is 6.76. The average molecular weight is 370 g/mol. The number of aromatic nitrogens is 2. The summed E-state index contributed by atoms with van der Waals surface area (Å²) in [5.41, 5.74) is 0.877. The van der Waals surface area contributed by atoms with Crippen LogP contribution in [0.2, 0.25) is 0 Å². The predicted molar refractivity (Wildman–Crippen MR) is 72.8 cm³/mol. The Morgan fingerprint density at radius 1 is 1.11 bits per heavy atom. The summed E-state index contributed by atoms with van der Waals surface area (Å²) in [6.45, 7) is 0. The molecule has 0 amide bonds. The maximum absolute atomic E-state index is 5.27. The lowest BCUT2D eigenvalue weighted by molar-refractivity contribution is 0.416. The van der Waals surface area contributed by atoms with Crippen LogP contribution in [-0.4, -0.2) is 10.1 Å². The first-order valence-electron chi connectivity index (χ1n) is 5.07. The molecule has 0 unspecified atom stereocenters. The minimum Gasteiger partial charge on any atom is -0.458 e. The average Bonchev–Trinajstić information content (AvgIpc) is 2.97. The van der Waals surface area contributed by atoms with Crippen LogP contribution in [0.4, 0.5) is 0 Å². The molecule has 18 heavy (non-hydrogen) atoms. The second-order valence-electron chi connectivity index (χ2n) is 3.53. The van der Waals surface area contributed by atoms with E-state index in [2.05, 4.69) is 42.0 Å². The Bertz CT molecular complexity index is 691. The lowest BCUT2D eigenvalue weighted by Gasteiger charge is -1.93. The zero-order valence-electron chi connectivity index (χ0n) is 8.93. The summed E-state index contributed by atoms with van der Waals surface area (Å²) in [5.74, 6) is 1.40. The summed E-state index contributed by atoms with van der Waals surface area (Å²) < 4.78 is 12.2. The molecule has 0 spiro atoms. The maximum atomic E-state index is 5.27. The molecule has 2 heterocycles. The van der Waals surface area contributed by atoms with Crippen molar-refractivity contribution >= 4 is 31.9 Å². The molecule has 0 radical (unpaired) electrons. The molecule has 0 aliphatic heterocycles. The molecule has 0 aliphatic carbocycles. The van der Waals surface area contributed by atoms with Crippen molar-refractivity contribution in [2.45, 2.75) is 0 Å². The molecule has 3 aromatic rings. The van der Waals surface area contributed by atoms with Gasteiger partial charge < -0.3 is 8.94 Å². The van der Waals surface area contributed by atoms with Gasteiger partial charge in [-0.1, -0.05) is 33.2 Å². The molecule has 1 aromatic carbocycles. The van der Waals surface area contributed by atoms with Crippen molar-refractivity contribution < 1.29 is 8.94 Å². The third-order valence-electron chi connectivity index (χ3n) is 2.32. The number of halogens is 2. The fourth-order valence-electron chi connectivity index (χ4n) is 1.51. The molecule has 3 rings (SSSR count). The van der Waals surface area contributed by atoms with Crippen LogP contribution in [0.5, 0.6) is 0 Å². The van der Waals surface area contributed by atoms with Crippen molar-refractivity contribution in [3.63, 3.8) is 0 Å². The second-order valence-corrected chi connectivity index (χ2v) is 5.30. The number of hydrogen-bond donors (Lipinski definition) is 0. The maximum Gasteiger partial charge on any atom is 0.295 e. The van der Waals surface area contributed by atoms with Crippen molar-refractivity contribution in [3.05, 3.63) is 45.5 Å². The van der Waals surface area contributed by atoms with Gasteiger partial charge >= 0.3 is 0 Å². The molecular formula is C12H6Br2N2O2. The smallest absolute Gasteiger partial charge is 0.295 e. The topological polar surface area (TPSA) is 52.1 Å². The van der Waals surface area contributed by atoms with Gasteiger partial charge in [0, 0.05) is 10.0 Å². The van der Waals surface area contributed by atoms with Gasteiger partial charge in [0.15, 0.2) is 0 Å². The fourth-order valence-corrected chi connectivity index (χ4v) is 2.28. The normalized spacial score (nSPS) is 10.8. The van der Waals surface area contributed by atoms with Crippen molar-refractivity contribution in [1.29, 1.82) is 0 Å². The number of furan rings is 1. The molecule has 6 heteroatoms. The molecule has 2 aromatic heterocycles. The molecule has 0 aliphatic rings. The molecular weight excluding hydrogens is 364 g/mol. The minimum atomic E-state index is 0.349. The van der Waals surface area contributed by atoms with Crippen LogP contribution in [0.15, 0.2) is 54.5 Å². The van der Waals surface area contributed by atoms with Crippen LogP contribution in [-0.2, 0) is 0 Å². The van der Waals surface area contributed by atoms with Crippen molar-refractivity contribution in [1.82, 2.24) is 10.1 Å². The van der Waals surface area contributed by atoms with Gasteiger partial charge in [0.1, 0.15) is 0 Å². The Morgan fingerprint density at radius 3 is 2.72 bits per heavy atom. The summed E-state index contributed by atoms with van der Waals surface area (Å²) in [6.07, 6.45) is 1.56. The van der Waals surface area contributed by atoms with E-state index < -0.39 is 0 Å². The van der Waals surface area contributed by atoms with Gasteiger partial charge in [-0.25, -0.2) is 0 Å². The first-order chi connectivity index (χ1) is 8.74. The minimum absolute atomic E-state index is 0.349. The van der Waals surface area contributed by atoms with E-state index in [-0.39, 0.29) is 0 Å². The highest BCUT2D eigenvalue weighted by Crippen LogP contribution is 2.29. The van der Waals surface area contributed by atoms with E-state index in [1.807, 2.05) is 24.3 Å². The van der Waals surface area contributed by atoms with E-state index >= 15 is 0 Å². The van der Waals surface area contributed by atoms with E-state index in [1.54, 1.807) is 12.3 Å². The van der Waals surface area contributed by atoms with Crippen LogP contribution in [0.25, 0.3) is 23.0 Å². The number of hydrogen-bond acceptors (Lipinski definition) is 4. The van der Waals surface area contributed by atoms with Crippen molar-refractivity contribution in [3.8, 4) is 23.0 Å². The first-order valence-corrected chi connectivity index (χ1v) is 6.65. The van der Waals surface area contributed by atoms with Gasteiger partial charge in [-0.2, -0.15) is 4.98 Å². The molecule has 0 saturated carbocycles. The number of nitrogens with zero attached hydrogens (tertiary/aromatic N) is 2. The van der Waals surface area contributed by atoms with Crippen LogP contribution in [0, 0.1) is 0 Å². The molecule has 0 fully saturated rings. The van der Waals surface area contributed by atoms with E-state index in [1.165, 1.54) is 0 Å². The van der Waals surface area contributed by atoms with E-state index in [4.69, 9.17) is 8.94 Å². The Balaban J connectivity index is 2.02. The first kappa shape index (κ1) is 11.7. The standard InChI is InChI=1S/C12H6Br2N2O2/c13-8-3-1-2-7(6-8)11-15-12(18-16-11)10-9(14)4-5-17-10/h1-6H. The van der Waals surface area contributed by atoms with Crippen LogP contribution >= 0.6 is 31.9 Å². The van der Waals surface area contributed by atoms with Gasteiger partial charge in [0.05, 0.1) is 10.7 Å². The van der Waals surface area contributed by atoms with Crippen LogP contribution < -0.4 is 0 Å². The summed E-state index contributed by atoms with van der Waals surface area (Å²) in [4.78, 5) is 4.30. The Morgan fingerprint density at radius 2 is 2.00 bits per heavy atom. The molecule has 0 atom stereocenters. The number of rotatable bonds is 2. The van der Waals surface area contributed by atoms with Crippen molar-refractivity contribution in [2.75, 3.05) is 0 Å². The van der Waals surface area contributed by atoms with Gasteiger partial charge in [-0.15, -0.1) is 0 Å². The quantitative estimate of drug-likeness (QED) is 0.666. The zero-order valence-corrected chi connectivity index (χ0v) is 12.1. The van der Waals surface area contributed by atoms with Crippen LogP contribution in [0.1, 0.15) is 0 Å².